The summed E-state index contributed by atoms with van der Waals surface area (Å²) < 4.78 is 3.07. The number of fused-ring (bicyclic) bond motifs is 1. The topological polar surface area (TPSA) is 69.8 Å². The summed E-state index contributed by atoms with van der Waals surface area (Å²) >= 11 is 5.81. The molecule has 3 heterocycles. The standard InChI is InChI=1S/C18H17ClN4O2/c19-15-7-6-13(9-20-15)10-22-8-2-5-14-16(22)21-18(25)23(17(14)24)11-12-3-1-4-12/h2,5-9,12H,1,3-4,10-11H2. The number of pyridine rings is 2. The van der Waals surface area contributed by atoms with Gasteiger partial charge in [0.25, 0.3) is 5.56 Å². The lowest BCUT2D eigenvalue weighted by Crippen LogP contribution is -2.40. The largest absolute Gasteiger partial charge is 0.352 e. The van der Waals surface area contributed by atoms with Gasteiger partial charge in [-0.05, 0) is 42.5 Å². The van der Waals surface area contributed by atoms with Crippen molar-refractivity contribution in [2.45, 2.75) is 32.4 Å². The van der Waals surface area contributed by atoms with E-state index in [4.69, 9.17) is 11.6 Å². The first-order chi connectivity index (χ1) is 12.1. The van der Waals surface area contributed by atoms with Crippen LogP contribution in [0, 0.1) is 5.92 Å². The van der Waals surface area contributed by atoms with Crippen molar-refractivity contribution in [3.05, 3.63) is 68.2 Å². The summed E-state index contributed by atoms with van der Waals surface area (Å²) in [5, 5.41) is 0.422. The Hall–Kier alpha value is -2.47. The molecule has 1 saturated carbocycles. The minimum Gasteiger partial charge on any atom is -0.328 e. The second kappa shape index (κ2) is 6.44. The molecule has 3 aliphatic rings. The van der Waals surface area contributed by atoms with E-state index in [0.717, 1.165) is 18.4 Å². The van der Waals surface area contributed by atoms with E-state index in [9.17, 15) is 9.59 Å². The molecule has 25 heavy (non-hydrogen) atoms. The van der Waals surface area contributed by atoms with Crippen LogP contribution in [-0.4, -0.2) is 19.1 Å². The Morgan fingerprint density at radius 3 is 2.72 bits per heavy atom. The van der Waals surface area contributed by atoms with Crippen molar-refractivity contribution in [2.24, 2.45) is 5.92 Å². The lowest BCUT2D eigenvalue weighted by Gasteiger charge is -2.25. The van der Waals surface area contributed by atoms with Gasteiger partial charge < -0.3 is 4.57 Å². The molecule has 0 N–H and O–H groups in total. The zero-order valence-electron chi connectivity index (χ0n) is 13.6. The summed E-state index contributed by atoms with van der Waals surface area (Å²) in [5.74, 6) is 0.818. The molecule has 1 aliphatic carbocycles. The molecule has 0 unspecified atom stereocenters. The molecule has 2 aliphatic heterocycles. The Morgan fingerprint density at radius 2 is 2.04 bits per heavy atom. The Kier molecular flexibility index (Phi) is 4.13. The fraction of sp³-hybridized carbons (Fsp3) is 0.333. The zero-order valence-corrected chi connectivity index (χ0v) is 14.3. The number of rotatable bonds is 4. The quantitative estimate of drug-likeness (QED) is 0.673. The van der Waals surface area contributed by atoms with Crippen molar-refractivity contribution in [2.75, 3.05) is 0 Å². The van der Waals surface area contributed by atoms with Crippen LogP contribution < -0.4 is 11.2 Å². The summed E-state index contributed by atoms with van der Waals surface area (Å²) in [4.78, 5) is 33.4. The molecule has 0 spiro atoms. The predicted octanol–water partition coefficient (Wildman–Crippen LogP) is 2.41. The highest BCUT2D eigenvalue weighted by Crippen LogP contribution is 2.27. The van der Waals surface area contributed by atoms with E-state index in [2.05, 4.69) is 9.97 Å². The van der Waals surface area contributed by atoms with E-state index in [1.165, 1.54) is 11.0 Å². The lowest BCUT2D eigenvalue weighted by molar-refractivity contribution is 0.269. The first-order valence-corrected chi connectivity index (χ1v) is 8.70. The molecule has 0 amide bonds. The molecule has 0 bridgehead atoms. The van der Waals surface area contributed by atoms with Crippen LogP contribution in [0.1, 0.15) is 24.8 Å². The van der Waals surface area contributed by atoms with Gasteiger partial charge in [-0.1, -0.05) is 24.1 Å². The van der Waals surface area contributed by atoms with E-state index in [1.807, 2.05) is 6.07 Å². The first kappa shape index (κ1) is 16.0. The van der Waals surface area contributed by atoms with Gasteiger partial charge in [0, 0.05) is 18.9 Å². The third-order valence-corrected chi connectivity index (χ3v) is 4.98. The van der Waals surface area contributed by atoms with E-state index in [0.29, 0.717) is 35.5 Å². The van der Waals surface area contributed by atoms with Gasteiger partial charge in [-0.2, -0.15) is 4.98 Å². The molecule has 6 nitrogen and oxygen atoms in total. The lowest BCUT2D eigenvalue weighted by atomic mass is 9.85. The van der Waals surface area contributed by atoms with Gasteiger partial charge in [-0.3, -0.25) is 9.36 Å². The van der Waals surface area contributed by atoms with Crippen molar-refractivity contribution in [1.29, 1.82) is 0 Å². The van der Waals surface area contributed by atoms with E-state index < -0.39 is 5.69 Å². The van der Waals surface area contributed by atoms with Crippen molar-refractivity contribution < 1.29 is 0 Å². The van der Waals surface area contributed by atoms with Crippen molar-refractivity contribution in [3.8, 4) is 11.4 Å². The van der Waals surface area contributed by atoms with Crippen LogP contribution in [0.25, 0.3) is 11.4 Å². The molecule has 0 saturated heterocycles. The molecule has 0 atom stereocenters. The summed E-state index contributed by atoms with van der Waals surface area (Å²) in [6.07, 6.45) is 6.79. The van der Waals surface area contributed by atoms with E-state index in [1.54, 1.807) is 35.2 Å². The third-order valence-electron chi connectivity index (χ3n) is 4.76. The maximum atomic E-state index is 12.8. The molecule has 1 aromatic heterocycles. The Labute approximate surface area is 149 Å². The summed E-state index contributed by atoms with van der Waals surface area (Å²) in [5.41, 5.74) is 0.641. The van der Waals surface area contributed by atoms with Crippen molar-refractivity contribution in [1.82, 2.24) is 19.1 Å². The van der Waals surface area contributed by atoms with Gasteiger partial charge >= 0.3 is 5.69 Å². The van der Waals surface area contributed by atoms with E-state index >= 15 is 0 Å². The van der Waals surface area contributed by atoms with Gasteiger partial charge in [0.1, 0.15) is 5.15 Å². The normalized spacial score (nSPS) is 14.6. The first-order valence-electron chi connectivity index (χ1n) is 8.32. The Morgan fingerprint density at radius 1 is 1.20 bits per heavy atom. The van der Waals surface area contributed by atoms with Gasteiger partial charge in [0.05, 0.1) is 12.1 Å². The number of aromatic nitrogens is 4. The van der Waals surface area contributed by atoms with Crippen LogP contribution in [0.15, 0.2) is 46.2 Å². The average molecular weight is 357 g/mol. The van der Waals surface area contributed by atoms with Crippen molar-refractivity contribution >= 4 is 11.6 Å². The fourth-order valence-corrected chi connectivity index (χ4v) is 3.25. The zero-order chi connectivity index (χ0) is 17.4. The minimum absolute atomic E-state index is 0.259. The summed E-state index contributed by atoms with van der Waals surface area (Å²) in [7, 11) is 0. The summed E-state index contributed by atoms with van der Waals surface area (Å²) in [6.45, 7) is 0.927. The number of nitrogens with zero attached hydrogens (tertiary/aromatic N) is 4. The Balaban J connectivity index is 1.75. The van der Waals surface area contributed by atoms with Crippen LogP contribution in [0.5, 0.6) is 0 Å². The second-order valence-electron chi connectivity index (χ2n) is 6.47. The molecule has 1 aromatic rings. The van der Waals surface area contributed by atoms with Crippen LogP contribution in [-0.2, 0) is 13.1 Å². The van der Waals surface area contributed by atoms with Crippen LogP contribution in [0.3, 0.4) is 0 Å². The van der Waals surface area contributed by atoms with Gasteiger partial charge in [0.15, 0.2) is 5.82 Å². The monoisotopic (exact) mass is 356 g/mol. The molecular formula is C18H17ClN4O2. The highest BCUT2D eigenvalue weighted by molar-refractivity contribution is 6.29. The fourth-order valence-electron chi connectivity index (χ4n) is 3.14. The molecule has 0 radical (unpaired) electrons. The number of halogens is 1. The minimum atomic E-state index is -0.474. The smallest absolute Gasteiger partial charge is 0.328 e. The highest BCUT2D eigenvalue weighted by atomic mass is 35.5. The highest BCUT2D eigenvalue weighted by Gasteiger charge is 2.22. The van der Waals surface area contributed by atoms with E-state index in [-0.39, 0.29) is 5.56 Å². The molecular weight excluding hydrogens is 340 g/mol. The van der Waals surface area contributed by atoms with Crippen LogP contribution in [0.2, 0.25) is 5.15 Å². The summed E-state index contributed by atoms with van der Waals surface area (Å²) in [6, 6.07) is 7.09. The Bertz CT molecular complexity index is 989. The number of hydrogen-bond donors (Lipinski definition) is 0. The second-order valence-corrected chi connectivity index (χ2v) is 6.86. The van der Waals surface area contributed by atoms with Crippen LogP contribution in [0.4, 0.5) is 0 Å². The molecule has 4 rings (SSSR count). The maximum absolute atomic E-state index is 12.8. The molecule has 128 valence electrons. The maximum Gasteiger partial charge on any atom is 0.352 e. The van der Waals surface area contributed by atoms with Gasteiger partial charge in [-0.15, -0.1) is 0 Å². The van der Waals surface area contributed by atoms with Gasteiger partial charge in [-0.25, -0.2) is 9.78 Å². The number of hydrogen-bond acceptors (Lipinski definition) is 4. The average Bonchev–Trinajstić information content (AvgIpc) is 2.56. The molecule has 1 fully saturated rings. The van der Waals surface area contributed by atoms with Crippen LogP contribution >= 0.6 is 11.6 Å². The molecule has 7 heteroatoms. The molecule has 0 aromatic carbocycles. The third kappa shape index (κ3) is 3.09. The SMILES string of the molecule is O=c1nc2n(Cc3ccc(Cl)nc3)cccc-2c(=O)n1CC1CCC1. The predicted molar refractivity (Wildman–Crippen MR) is 95.1 cm³/mol. The van der Waals surface area contributed by atoms with Crippen molar-refractivity contribution in [3.63, 3.8) is 0 Å². The van der Waals surface area contributed by atoms with Gasteiger partial charge in [0.2, 0.25) is 0 Å².